The molecule has 0 aromatic heterocycles. The van der Waals surface area contributed by atoms with Crippen LogP contribution in [0.5, 0.6) is 0 Å². The van der Waals surface area contributed by atoms with E-state index in [4.69, 9.17) is 0 Å². The van der Waals surface area contributed by atoms with E-state index in [1.807, 2.05) is 0 Å². The van der Waals surface area contributed by atoms with Crippen molar-refractivity contribution in [3.8, 4) is 0 Å². The number of amides is 2. The molecule has 3 heterocycles. The lowest BCUT2D eigenvalue weighted by Gasteiger charge is -2.28. The highest BCUT2D eigenvalue weighted by atomic mass is 16.2. The first-order valence-corrected chi connectivity index (χ1v) is 14.6. The number of hydrogen-bond acceptors (Lipinski definition) is 5. The van der Waals surface area contributed by atoms with Crippen LogP contribution in [-0.4, -0.2) is 70.4 Å². The van der Waals surface area contributed by atoms with Gasteiger partial charge in [0.15, 0.2) is 0 Å². The second kappa shape index (κ2) is 8.92. The van der Waals surface area contributed by atoms with E-state index in [0.717, 1.165) is 64.7 Å². The fraction of sp³-hybridized carbons (Fsp3) is 0.667. The van der Waals surface area contributed by atoms with Gasteiger partial charge in [0.25, 0.3) is 0 Å². The molecular formula is C30H41N5O2. The molecule has 2 saturated carbocycles. The number of likely N-dealkylation sites (tertiary alicyclic amines) is 1. The maximum Gasteiger partial charge on any atom is 0.244 e. The predicted molar refractivity (Wildman–Crippen MR) is 143 cm³/mol. The largest absolute Gasteiger partial charge is 0.342 e. The lowest BCUT2D eigenvalue weighted by molar-refractivity contribution is -0.131. The van der Waals surface area contributed by atoms with Crippen molar-refractivity contribution in [1.29, 1.82) is 0 Å². The molecule has 5 fully saturated rings. The van der Waals surface area contributed by atoms with Crippen molar-refractivity contribution in [2.75, 3.05) is 26.2 Å². The molecule has 198 valence electrons. The summed E-state index contributed by atoms with van der Waals surface area (Å²) >= 11 is 0. The van der Waals surface area contributed by atoms with E-state index in [2.05, 4.69) is 69.7 Å². The van der Waals surface area contributed by atoms with Gasteiger partial charge in [-0.1, -0.05) is 30.3 Å². The van der Waals surface area contributed by atoms with Crippen molar-refractivity contribution in [2.45, 2.75) is 82.6 Å². The molecule has 3 saturated heterocycles. The number of carbonyl (C=O) groups excluding carboxylic acids is 2. The van der Waals surface area contributed by atoms with E-state index in [1.54, 1.807) is 0 Å². The Labute approximate surface area is 220 Å². The van der Waals surface area contributed by atoms with Gasteiger partial charge in [0, 0.05) is 50.1 Å². The molecule has 1 spiro atoms. The van der Waals surface area contributed by atoms with Gasteiger partial charge in [-0.2, -0.15) is 0 Å². The average molecular weight is 504 g/mol. The number of rotatable bonds is 6. The van der Waals surface area contributed by atoms with Crippen LogP contribution in [-0.2, 0) is 9.59 Å². The Hall–Kier alpha value is -2.22. The number of hydrogen-bond donors (Lipinski definition) is 2. The minimum atomic E-state index is -0.343. The van der Waals surface area contributed by atoms with Crippen molar-refractivity contribution >= 4 is 17.4 Å². The highest BCUT2D eigenvalue weighted by Crippen LogP contribution is 2.47. The molecule has 7 heteroatoms. The van der Waals surface area contributed by atoms with Gasteiger partial charge in [-0.15, -0.1) is 0 Å². The molecule has 3 aliphatic carbocycles. The highest BCUT2D eigenvalue weighted by Gasteiger charge is 2.59. The molecule has 3 unspecified atom stereocenters. The third-order valence-electron chi connectivity index (χ3n) is 9.74. The Morgan fingerprint density at radius 1 is 1.08 bits per heavy atom. The fourth-order valence-electron chi connectivity index (χ4n) is 7.07. The molecule has 2 amide bonds. The lowest BCUT2D eigenvalue weighted by atomic mass is 9.84. The van der Waals surface area contributed by atoms with Gasteiger partial charge >= 0.3 is 0 Å². The number of benzene rings is 1. The molecule has 7 rings (SSSR count). The van der Waals surface area contributed by atoms with Crippen LogP contribution in [0.3, 0.4) is 0 Å². The number of allylic oxidation sites excluding steroid dienone is 1. The van der Waals surface area contributed by atoms with Crippen molar-refractivity contribution < 1.29 is 9.59 Å². The number of carbonyl (C=O) groups is 2. The monoisotopic (exact) mass is 503 g/mol. The first-order chi connectivity index (χ1) is 17.9. The van der Waals surface area contributed by atoms with Crippen molar-refractivity contribution in [3.63, 3.8) is 0 Å². The average Bonchev–Trinajstić information content (AvgIpc) is 3.79. The van der Waals surface area contributed by atoms with E-state index >= 15 is 0 Å². The number of nitrogens with one attached hydrogen (secondary N) is 2. The minimum absolute atomic E-state index is 0.0689. The Kier molecular flexibility index (Phi) is 5.76. The molecule has 6 aliphatic rings. The van der Waals surface area contributed by atoms with E-state index in [9.17, 15) is 9.59 Å². The summed E-state index contributed by atoms with van der Waals surface area (Å²) in [5.41, 5.74) is 7.30. The zero-order chi connectivity index (χ0) is 25.3. The van der Waals surface area contributed by atoms with Crippen LogP contribution in [0.25, 0.3) is 5.57 Å². The quantitative estimate of drug-likeness (QED) is 0.624. The van der Waals surface area contributed by atoms with Gasteiger partial charge in [0.2, 0.25) is 11.8 Å². The van der Waals surface area contributed by atoms with Gasteiger partial charge in [-0.25, -0.2) is 5.01 Å². The van der Waals surface area contributed by atoms with E-state index < -0.39 is 0 Å². The number of hydrazine groups is 1. The Morgan fingerprint density at radius 3 is 2.57 bits per heavy atom. The highest BCUT2D eigenvalue weighted by molar-refractivity contribution is 5.92. The van der Waals surface area contributed by atoms with Crippen LogP contribution in [0.2, 0.25) is 0 Å². The predicted octanol–water partition coefficient (Wildman–Crippen LogP) is 3.30. The van der Waals surface area contributed by atoms with Crippen LogP contribution in [0.15, 0.2) is 30.3 Å². The summed E-state index contributed by atoms with van der Waals surface area (Å²) in [6.07, 6.45) is 9.69. The fourth-order valence-corrected chi connectivity index (χ4v) is 7.07. The Bertz CT molecular complexity index is 1110. The van der Waals surface area contributed by atoms with Gasteiger partial charge in [0.1, 0.15) is 11.7 Å². The zero-order valence-corrected chi connectivity index (χ0v) is 22.3. The molecule has 1 aromatic rings. The smallest absolute Gasteiger partial charge is 0.244 e. The summed E-state index contributed by atoms with van der Waals surface area (Å²) in [5.74, 6) is 1.82. The summed E-state index contributed by atoms with van der Waals surface area (Å²) in [7, 11) is 0. The van der Waals surface area contributed by atoms with Crippen LogP contribution in [0.4, 0.5) is 0 Å². The van der Waals surface area contributed by atoms with Crippen molar-refractivity contribution in [3.05, 3.63) is 41.5 Å². The van der Waals surface area contributed by atoms with Crippen molar-refractivity contribution in [2.24, 2.45) is 17.8 Å². The Morgan fingerprint density at radius 2 is 1.86 bits per heavy atom. The third-order valence-corrected chi connectivity index (χ3v) is 9.74. The first kappa shape index (κ1) is 23.9. The van der Waals surface area contributed by atoms with Gasteiger partial charge in [-0.05, 0) is 81.4 Å². The molecule has 7 nitrogen and oxygen atoms in total. The van der Waals surface area contributed by atoms with E-state index in [0.29, 0.717) is 29.8 Å². The Balaban J connectivity index is 1.05. The van der Waals surface area contributed by atoms with Gasteiger partial charge in [0.05, 0.1) is 0 Å². The zero-order valence-electron chi connectivity index (χ0n) is 22.3. The van der Waals surface area contributed by atoms with Crippen LogP contribution >= 0.6 is 0 Å². The van der Waals surface area contributed by atoms with E-state index in [1.165, 1.54) is 23.1 Å². The second-order valence-corrected chi connectivity index (χ2v) is 12.8. The van der Waals surface area contributed by atoms with Gasteiger partial charge in [-0.3, -0.25) is 20.3 Å². The number of fused-ring (bicyclic) bond motifs is 1. The molecule has 2 N–H and O–H groups in total. The molecule has 1 aromatic carbocycles. The summed E-state index contributed by atoms with van der Waals surface area (Å²) < 4.78 is 0. The van der Waals surface area contributed by atoms with Crippen LogP contribution < -0.4 is 10.7 Å². The molecule has 4 atom stereocenters. The minimum Gasteiger partial charge on any atom is -0.342 e. The maximum absolute atomic E-state index is 13.5. The van der Waals surface area contributed by atoms with Crippen LogP contribution in [0.1, 0.15) is 76.1 Å². The van der Waals surface area contributed by atoms with Gasteiger partial charge < -0.3 is 9.80 Å². The topological polar surface area (TPSA) is 67.9 Å². The van der Waals surface area contributed by atoms with E-state index in [-0.39, 0.29) is 23.5 Å². The first-order valence-electron chi connectivity index (χ1n) is 14.6. The standard InChI is InChI=1S/C30H41N5O2/c1-19(2)35-18-25-15-24(9-10-26(25)32-35)21-3-5-22(6-4-21)27-31-30(12-13-30)29(37)34(27)17-20-11-14-33(16-20)28(36)23-7-8-23/h3-6,15,19-20,23,25-27,31-32H,7-14,16-18H2,1-2H3/t20-,25?,26?,27?/m1/s1. The molecule has 3 aliphatic heterocycles. The molecule has 0 radical (unpaired) electrons. The second-order valence-electron chi connectivity index (χ2n) is 12.8. The molecule has 37 heavy (non-hydrogen) atoms. The molecule has 0 bridgehead atoms. The third kappa shape index (κ3) is 4.33. The molecular weight excluding hydrogens is 462 g/mol. The number of nitrogens with zero attached hydrogens (tertiary/aromatic N) is 3. The van der Waals surface area contributed by atoms with Crippen LogP contribution in [0, 0.1) is 17.8 Å². The van der Waals surface area contributed by atoms with Crippen molar-refractivity contribution in [1.82, 2.24) is 25.6 Å². The summed E-state index contributed by atoms with van der Waals surface area (Å²) in [6.45, 7) is 7.97. The SMILES string of the molecule is CC(C)N1CC2C=C(c3ccc(C4NC5(CC5)C(=O)N4C[C@@H]4CCN(C(=O)C5CC5)C4)cc3)CCC2N1. The summed E-state index contributed by atoms with van der Waals surface area (Å²) in [6, 6.07) is 10.1. The summed E-state index contributed by atoms with van der Waals surface area (Å²) in [4.78, 5) is 30.1. The summed E-state index contributed by atoms with van der Waals surface area (Å²) in [5, 5.41) is 6.09. The normalized spacial score (nSPS) is 32.9. The lowest BCUT2D eigenvalue weighted by Crippen LogP contribution is -2.40. The maximum atomic E-state index is 13.5.